The monoisotopic (exact) mass is 826 g/mol. The number of thioether (sulfide) groups is 2. The molecular formula is C38H52Br2O6S2. The van der Waals surface area contributed by atoms with Gasteiger partial charge < -0.3 is 18.6 Å². The lowest BCUT2D eigenvalue weighted by Crippen LogP contribution is -2.14. The van der Waals surface area contributed by atoms with Crippen molar-refractivity contribution in [3.05, 3.63) is 51.1 Å². The highest BCUT2D eigenvalue weighted by molar-refractivity contribution is 9.10. The number of carbonyl (C=O) groups excluding carboxylic acids is 2. The Balaban J connectivity index is 0.000000260. The molecule has 2 atom stereocenters. The second kappa shape index (κ2) is 23.0. The maximum atomic E-state index is 11.9. The molecule has 48 heavy (non-hydrogen) atoms. The Morgan fingerprint density at radius 1 is 0.812 bits per heavy atom. The summed E-state index contributed by atoms with van der Waals surface area (Å²) in [5.41, 5.74) is 2.12. The third-order valence-corrected chi connectivity index (χ3v) is 12.4. The number of ether oxygens (including phenoxy) is 3. The van der Waals surface area contributed by atoms with Gasteiger partial charge in [0, 0.05) is 42.0 Å². The van der Waals surface area contributed by atoms with E-state index in [2.05, 4.69) is 71.7 Å². The molecule has 0 saturated carbocycles. The number of benzene rings is 2. The van der Waals surface area contributed by atoms with Crippen LogP contribution in [0.4, 0.5) is 0 Å². The van der Waals surface area contributed by atoms with E-state index in [0.29, 0.717) is 43.6 Å². The zero-order valence-corrected chi connectivity index (χ0v) is 33.8. The predicted octanol–water partition coefficient (Wildman–Crippen LogP) is 12.1. The lowest BCUT2D eigenvalue weighted by atomic mass is 10.0. The van der Waals surface area contributed by atoms with Crippen molar-refractivity contribution >= 4 is 78.3 Å². The molecule has 0 amide bonds. The van der Waals surface area contributed by atoms with E-state index in [0.717, 1.165) is 79.9 Å². The standard InChI is InChI=1S/C19H27BrO3S.C19H25BrO3S/c2*1-3-5-6-14(4-2)13-23-19(21)8-10-24-18-12-17-15(7-9-22-17)11-16(18)20/h11-12,14H,3-10,13H2,1-2H3;7,9,11-12,14H,3-6,8,10,13H2,1-2H3. The first-order valence-corrected chi connectivity index (χ1v) is 21.0. The molecule has 2 unspecified atom stereocenters. The summed E-state index contributed by atoms with van der Waals surface area (Å²) in [5.74, 6) is 3.21. The fraction of sp³-hybridized carbons (Fsp3) is 0.579. The number of halogens is 2. The van der Waals surface area contributed by atoms with E-state index in [1.165, 1.54) is 31.2 Å². The maximum Gasteiger partial charge on any atom is 0.306 e. The van der Waals surface area contributed by atoms with Crippen LogP contribution in [-0.4, -0.2) is 43.3 Å². The number of carbonyl (C=O) groups is 2. The van der Waals surface area contributed by atoms with E-state index in [4.69, 9.17) is 18.6 Å². The third-order valence-electron chi connectivity index (χ3n) is 8.43. The molecule has 0 fully saturated rings. The molecule has 2 heterocycles. The maximum absolute atomic E-state index is 11.9. The van der Waals surface area contributed by atoms with Crippen LogP contribution in [0.2, 0.25) is 0 Å². The van der Waals surface area contributed by atoms with Crippen molar-refractivity contribution in [2.45, 2.75) is 108 Å². The summed E-state index contributed by atoms with van der Waals surface area (Å²) in [6.07, 6.45) is 12.8. The van der Waals surface area contributed by atoms with E-state index in [9.17, 15) is 9.59 Å². The van der Waals surface area contributed by atoms with Crippen molar-refractivity contribution in [2.75, 3.05) is 31.3 Å². The molecule has 0 spiro atoms. The number of furan rings is 1. The first kappa shape index (κ1) is 40.8. The van der Waals surface area contributed by atoms with Gasteiger partial charge in [-0.15, -0.1) is 23.5 Å². The van der Waals surface area contributed by atoms with Crippen LogP contribution in [0.3, 0.4) is 0 Å². The van der Waals surface area contributed by atoms with Crippen molar-refractivity contribution < 1.29 is 28.2 Å². The minimum Gasteiger partial charge on any atom is -0.493 e. The van der Waals surface area contributed by atoms with Crippen LogP contribution >= 0.6 is 55.4 Å². The van der Waals surface area contributed by atoms with Gasteiger partial charge in [-0.25, -0.2) is 0 Å². The molecule has 1 aliphatic rings. The summed E-state index contributed by atoms with van der Waals surface area (Å²) >= 11 is 10.5. The second-order valence-electron chi connectivity index (χ2n) is 12.1. The third kappa shape index (κ3) is 14.3. The van der Waals surface area contributed by atoms with Crippen LogP contribution in [0, 0.1) is 11.8 Å². The summed E-state index contributed by atoms with van der Waals surface area (Å²) in [6, 6.07) is 10.2. The summed E-state index contributed by atoms with van der Waals surface area (Å²) in [7, 11) is 0. The van der Waals surface area contributed by atoms with Gasteiger partial charge in [0.15, 0.2) is 0 Å². The van der Waals surface area contributed by atoms with Crippen molar-refractivity contribution in [2.24, 2.45) is 11.8 Å². The molecule has 1 aromatic heterocycles. The van der Waals surface area contributed by atoms with Gasteiger partial charge in [0.2, 0.25) is 0 Å². The molecular weight excluding hydrogens is 776 g/mol. The van der Waals surface area contributed by atoms with E-state index >= 15 is 0 Å². The predicted molar refractivity (Wildman–Crippen MR) is 206 cm³/mol. The highest BCUT2D eigenvalue weighted by atomic mass is 79.9. The van der Waals surface area contributed by atoms with Crippen molar-refractivity contribution in [3.63, 3.8) is 0 Å². The van der Waals surface area contributed by atoms with Crippen molar-refractivity contribution in [3.8, 4) is 5.75 Å². The van der Waals surface area contributed by atoms with Crippen LogP contribution in [0.1, 0.15) is 97.5 Å². The Kier molecular flexibility index (Phi) is 19.5. The molecule has 4 rings (SSSR count). The average molecular weight is 829 g/mol. The molecule has 0 radical (unpaired) electrons. The number of unbranched alkanes of at least 4 members (excludes halogenated alkanes) is 2. The van der Waals surface area contributed by atoms with Crippen LogP contribution in [-0.2, 0) is 25.5 Å². The van der Waals surface area contributed by atoms with Crippen LogP contribution in [0.15, 0.2) is 59.7 Å². The Hall–Kier alpha value is -1.62. The fourth-order valence-electron chi connectivity index (χ4n) is 5.21. The average Bonchev–Trinajstić information content (AvgIpc) is 3.74. The first-order chi connectivity index (χ1) is 23.3. The Labute approximate surface area is 312 Å². The Morgan fingerprint density at radius 2 is 1.38 bits per heavy atom. The molecule has 2 aromatic carbocycles. The summed E-state index contributed by atoms with van der Waals surface area (Å²) in [4.78, 5) is 26.1. The highest BCUT2D eigenvalue weighted by Crippen LogP contribution is 2.37. The zero-order chi connectivity index (χ0) is 34.7. The molecule has 266 valence electrons. The molecule has 3 aromatic rings. The normalized spacial score (nSPS) is 13.3. The largest absolute Gasteiger partial charge is 0.493 e. The molecule has 0 bridgehead atoms. The van der Waals surface area contributed by atoms with Crippen LogP contribution in [0.5, 0.6) is 5.75 Å². The van der Waals surface area contributed by atoms with Gasteiger partial charge in [-0.2, -0.15) is 0 Å². The second-order valence-corrected chi connectivity index (χ2v) is 16.1. The van der Waals surface area contributed by atoms with Crippen molar-refractivity contribution in [1.82, 2.24) is 0 Å². The van der Waals surface area contributed by atoms with E-state index in [-0.39, 0.29) is 11.9 Å². The van der Waals surface area contributed by atoms with Crippen molar-refractivity contribution in [1.29, 1.82) is 0 Å². The lowest BCUT2D eigenvalue weighted by molar-refractivity contribution is -0.145. The van der Waals surface area contributed by atoms with Gasteiger partial charge in [-0.1, -0.05) is 66.2 Å². The minimum absolute atomic E-state index is 0.0917. The van der Waals surface area contributed by atoms with Gasteiger partial charge in [-0.05, 0) is 92.4 Å². The molecule has 10 heteroatoms. The van der Waals surface area contributed by atoms with Crippen LogP contribution in [0.25, 0.3) is 11.0 Å². The fourth-order valence-corrected chi connectivity index (χ4v) is 8.40. The minimum atomic E-state index is -0.104. The number of rotatable bonds is 20. The van der Waals surface area contributed by atoms with Gasteiger partial charge in [-0.3, -0.25) is 9.59 Å². The molecule has 0 N–H and O–H groups in total. The van der Waals surface area contributed by atoms with Gasteiger partial charge in [0.25, 0.3) is 0 Å². The van der Waals surface area contributed by atoms with E-state index in [1.54, 1.807) is 29.8 Å². The first-order valence-electron chi connectivity index (χ1n) is 17.5. The van der Waals surface area contributed by atoms with Gasteiger partial charge >= 0.3 is 11.9 Å². The Morgan fingerprint density at radius 3 is 1.94 bits per heavy atom. The molecule has 0 aliphatic carbocycles. The summed E-state index contributed by atoms with van der Waals surface area (Å²) in [5, 5.41) is 1.07. The molecule has 1 aliphatic heterocycles. The summed E-state index contributed by atoms with van der Waals surface area (Å²) < 4.78 is 24.0. The quantitative estimate of drug-likeness (QED) is 0.0823. The number of fused-ring (bicyclic) bond motifs is 2. The topological polar surface area (TPSA) is 75.0 Å². The zero-order valence-electron chi connectivity index (χ0n) is 29.0. The SMILES string of the molecule is CCCCC(CC)COC(=O)CCSc1cc2c(cc1Br)CCO2.CCCCC(CC)COC(=O)CCSc1cc2occc2cc1Br. The molecule has 6 nitrogen and oxygen atoms in total. The number of hydrogen-bond acceptors (Lipinski definition) is 8. The van der Waals surface area contributed by atoms with Gasteiger partial charge in [0.1, 0.15) is 11.3 Å². The number of hydrogen-bond donors (Lipinski definition) is 0. The van der Waals surface area contributed by atoms with Gasteiger partial charge in [0.05, 0.1) is 38.9 Å². The highest BCUT2D eigenvalue weighted by Gasteiger charge is 2.16. The summed E-state index contributed by atoms with van der Waals surface area (Å²) in [6.45, 7) is 10.6. The van der Waals surface area contributed by atoms with Crippen LogP contribution < -0.4 is 4.74 Å². The van der Waals surface area contributed by atoms with E-state index < -0.39 is 0 Å². The number of esters is 2. The molecule has 0 saturated heterocycles. The lowest BCUT2D eigenvalue weighted by Gasteiger charge is -2.14. The smallest absolute Gasteiger partial charge is 0.306 e. The Bertz CT molecular complexity index is 1410. The van der Waals surface area contributed by atoms with E-state index in [1.807, 2.05) is 18.2 Å².